The summed E-state index contributed by atoms with van der Waals surface area (Å²) in [5, 5.41) is 9.40. The molecule has 3 nitrogen and oxygen atoms in total. The van der Waals surface area contributed by atoms with Crippen molar-refractivity contribution in [3.05, 3.63) is 0 Å². The van der Waals surface area contributed by atoms with Crippen LogP contribution < -0.4 is 5.11 Å². The summed E-state index contributed by atoms with van der Waals surface area (Å²) in [6, 6.07) is 0. The van der Waals surface area contributed by atoms with E-state index in [2.05, 4.69) is 4.74 Å². The Kier molecular flexibility index (Phi) is 35.2. The average Bonchev–Trinajstić information content (AvgIpc) is 1.41. The van der Waals surface area contributed by atoms with Gasteiger partial charge in [0.2, 0.25) is 0 Å². The van der Waals surface area contributed by atoms with Crippen LogP contribution in [0.25, 0.3) is 0 Å². The minimum Gasteiger partial charge on any atom is -0.870 e. The minimum absolute atomic E-state index is 0. The molecule has 0 aromatic heterocycles. The summed E-state index contributed by atoms with van der Waals surface area (Å²) >= 11 is 0. The second kappa shape index (κ2) is 15.7. The maximum Gasteiger partial charge on any atom is 2.00 e. The molecule has 0 saturated carbocycles. The van der Waals surface area contributed by atoms with E-state index in [1.54, 1.807) is 0 Å². The first kappa shape index (κ1) is 15.7. The van der Waals surface area contributed by atoms with Crippen molar-refractivity contribution in [3.63, 3.8) is 0 Å². The molecule has 40 valence electrons. The van der Waals surface area contributed by atoms with E-state index in [0.29, 0.717) is 6.61 Å². The number of hydrogen-bond donors (Lipinski definition) is 0. The molecular weight excluding hydrogens is 124 g/mol. The molecular formula is C3H8CaO3. The Morgan fingerprint density at radius 2 is 2.00 bits per heavy atom. The van der Waals surface area contributed by atoms with Gasteiger partial charge in [-0.05, 0) is 0 Å². The van der Waals surface area contributed by atoms with Gasteiger partial charge in [-0.15, -0.1) is 6.61 Å². The predicted octanol–water partition coefficient (Wildman–Crippen LogP) is -1.56. The maximum absolute atomic E-state index is 9.40. The SMILES string of the molecule is COCC[O-].[Ca+2].[OH-]. The van der Waals surface area contributed by atoms with Crippen LogP contribution in [0.1, 0.15) is 0 Å². The first-order valence-electron chi connectivity index (χ1n) is 1.49. The third kappa shape index (κ3) is 19.1. The summed E-state index contributed by atoms with van der Waals surface area (Å²) in [7, 11) is 1.51. The number of rotatable bonds is 2. The third-order valence-electron chi connectivity index (χ3n) is 0.287. The van der Waals surface area contributed by atoms with Crippen LogP contribution in [-0.4, -0.2) is 63.5 Å². The van der Waals surface area contributed by atoms with Crippen LogP contribution in [0.3, 0.4) is 0 Å². The van der Waals surface area contributed by atoms with Crippen molar-refractivity contribution in [2.45, 2.75) is 0 Å². The second-order valence-corrected chi connectivity index (χ2v) is 0.697. The summed E-state index contributed by atoms with van der Waals surface area (Å²) in [5.74, 6) is 0. The first-order valence-corrected chi connectivity index (χ1v) is 1.49. The van der Waals surface area contributed by atoms with Gasteiger partial charge in [0.05, 0.1) is 0 Å². The smallest absolute Gasteiger partial charge is 0.870 e. The predicted molar refractivity (Wildman–Crippen MR) is 24.4 cm³/mol. The van der Waals surface area contributed by atoms with Gasteiger partial charge >= 0.3 is 37.7 Å². The molecule has 0 heterocycles. The first-order chi connectivity index (χ1) is 2.41. The van der Waals surface area contributed by atoms with Crippen LogP contribution in [0.4, 0.5) is 0 Å². The van der Waals surface area contributed by atoms with Crippen LogP contribution in [-0.2, 0) is 4.74 Å². The zero-order valence-corrected chi connectivity index (χ0v) is 6.59. The van der Waals surface area contributed by atoms with Crippen molar-refractivity contribution in [1.82, 2.24) is 0 Å². The molecule has 0 aliphatic heterocycles. The van der Waals surface area contributed by atoms with Crippen LogP contribution >= 0.6 is 0 Å². The molecule has 0 bridgehead atoms. The Balaban J connectivity index is -0.0000000800. The Morgan fingerprint density at radius 3 is 2.00 bits per heavy atom. The molecule has 0 unspecified atom stereocenters. The van der Waals surface area contributed by atoms with Gasteiger partial charge in [-0.2, -0.15) is 0 Å². The maximum atomic E-state index is 9.40. The van der Waals surface area contributed by atoms with Crippen molar-refractivity contribution in [2.24, 2.45) is 0 Å². The fraction of sp³-hybridized carbons (Fsp3) is 1.00. The number of ether oxygens (including phenoxy) is 1. The van der Waals surface area contributed by atoms with Gasteiger partial charge in [0.1, 0.15) is 0 Å². The van der Waals surface area contributed by atoms with Crippen LogP contribution in [0, 0.1) is 0 Å². The molecule has 0 aliphatic carbocycles. The van der Waals surface area contributed by atoms with Gasteiger partial charge in [-0.1, -0.05) is 0 Å². The average molecular weight is 132 g/mol. The van der Waals surface area contributed by atoms with Gasteiger partial charge < -0.3 is 15.3 Å². The Morgan fingerprint density at radius 1 is 1.57 bits per heavy atom. The normalized spacial score (nSPS) is 6.00. The molecule has 4 heteroatoms. The summed E-state index contributed by atoms with van der Waals surface area (Å²) in [5.41, 5.74) is 0. The Bertz CT molecular complexity index is 17.7. The minimum atomic E-state index is -0.128. The van der Waals surface area contributed by atoms with Crippen molar-refractivity contribution < 1.29 is 15.3 Å². The molecule has 0 aromatic carbocycles. The molecule has 0 aliphatic rings. The Hall–Kier alpha value is 1.14. The Labute approximate surface area is 73.0 Å². The van der Waals surface area contributed by atoms with E-state index in [9.17, 15) is 5.11 Å². The van der Waals surface area contributed by atoms with E-state index in [-0.39, 0.29) is 49.8 Å². The molecule has 0 spiro atoms. The van der Waals surface area contributed by atoms with E-state index >= 15 is 0 Å². The van der Waals surface area contributed by atoms with E-state index in [1.165, 1.54) is 7.11 Å². The largest absolute Gasteiger partial charge is 2.00 e. The zero-order chi connectivity index (χ0) is 4.12. The third-order valence-corrected chi connectivity index (χ3v) is 0.287. The van der Waals surface area contributed by atoms with E-state index in [0.717, 1.165) is 0 Å². The van der Waals surface area contributed by atoms with Gasteiger partial charge in [0.25, 0.3) is 0 Å². The molecule has 0 rings (SSSR count). The van der Waals surface area contributed by atoms with Gasteiger partial charge in [0.15, 0.2) is 0 Å². The number of hydrogen-bond acceptors (Lipinski definition) is 3. The molecule has 0 radical (unpaired) electrons. The number of methoxy groups -OCH3 is 1. The zero-order valence-electron chi connectivity index (χ0n) is 4.39. The summed E-state index contributed by atoms with van der Waals surface area (Å²) in [6.45, 7) is 0.205. The van der Waals surface area contributed by atoms with E-state index < -0.39 is 0 Å². The standard InChI is InChI=1S/C3H7O2.Ca.H2O/c1-5-3-2-4;;/h2-3H2,1H3;;1H2/q-1;+2;/p-1. The monoisotopic (exact) mass is 132 g/mol. The fourth-order valence-electron chi connectivity index (χ4n) is 0.0833. The van der Waals surface area contributed by atoms with E-state index in [4.69, 9.17) is 0 Å². The van der Waals surface area contributed by atoms with Gasteiger partial charge in [0, 0.05) is 13.7 Å². The molecule has 0 aromatic rings. The second-order valence-electron chi connectivity index (χ2n) is 0.697. The summed E-state index contributed by atoms with van der Waals surface area (Å²) in [4.78, 5) is 0. The molecule has 0 atom stereocenters. The van der Waals surface area contributed by atoms with Gasteiger partial charge in [-0.25, -0.2) is 0 Å². The topological polar surface area (TPSA) is 62.3 Å². The van der Waals surface area contributed by atoms with Crippen molar-refractivity contribution in [3.8, 4) is 0 Å². The molecule has 0 saturated heterocycles. The van der Waals surface area contributed by atoms with Crippen molar-refractivity contribution in [1.29, 1.82) is 0 Å². The molecule has 0 amide bonds. The van der Waals surface area contributed by atoms with Crippen LogP contribution in [0.5, 0.6) is 0 Å². The van der Waals surface area contributed by atoms with Gasteiger partial charge in [-0.3, -0.25) is 0 Å². The van der Waals surface area contributed by atoms with Crippen LogP contribution in [0.15, 0.2) is 0 Å². The fourth-order valence-corrected chi connectivity index (χ4v) is 0.0833. The van der Waals surface area contributed by atoms with Crippen molar-refractivity contribution in [2.75, 3.05) is 20.3 Å². The van der Waals surface area contributed by atoms with E-state index in [1.807, 2.05) is 0 Å². The summed E-state index contributed by atoms with van der Waals surface area (Å²) < 4.78 is 4.38. The summed E-state index contributed by atoms with van der Waals surface area (Å²) in [6.07, 6.45) is 0. The molecule has 1 N–H and O–H groups in total. The van der Waals surface area contributed by atoms with Crippen molar-refractivity contribution >= 4 is 37.7 Å². The molecule has 0 fully saturated rings. The van der Waals surface area contributed by atoms with Crippen LogP contribution in [0.2, 0.25) is 0 Å². The molecule has 7 heavy (non-hydrogen) atoms. The quantitative estimate of drug-likeness (QED) is 0.427.